The highest BCUT2D eigenvalue weighted by atomic mass is 19.1. The van der Waals surface area contributed by atoms with E-state index in [1.54, 1.807) is 18.2 Å². The second-order valence-corrected chi connectivity index (χ2v) is 6.08. The number of anilines is 2. The van der Waals surface area contributed by atoms with E-state index < -0.39 is 0 Å². The highest BCUT2D eigenvalue weighted by Crippen LogP contribution is 2.23. The molecule has 2 heterocycles. The number of nitrogens with zero attached hydrogens (tertiary/aromatic N) is 3. The Labute approximate surface area is 140 Å². The Balaban J connectivity index is 1.75. The van der Waals surface area contributed by atoms with Crippen LogP contribution in [0.3, 0.4) is 0 Å². The van der Waals surface area contributed by atoms with Gasteiger partial charge < -0.3 is 10.2 Å². The number of benzene rings is 1. The molecule has 0 bridgehead atoms. The summed E-state index contributed by atoms with van der Waals surface area (Å²) in [6.45, 7) is 5.65. The number of carbonyl (C=O) groups is 1. The zero-order chi connectivity index (χ0) is 17.1. The maximum absolute atomic E-state index is 13.7. The molecule has 1 N–H and O–H groups in total. The molecule has 0 saturated carbocycles. The fourth-order valence-corrected chi connectivity index (χ4v) is 2.94. The van der Waals surface area contributed by atoms with Gasteiger partial charge in [-0.05, 0) is 38.3 Å². The quantitative estimate of drug-likeness (QED) is 0.937. The number of rotatable bonds is 4. The van der Waals surface area contributed by atoms with Crippen LogP contribution in [0.25, 0.3) is 0 Å². The van der Waals surface area contributed by atoms with Crippen LogP contribution >= 0.6 is 0 Å². The zero-order valence-electron chi connectivity index (χ0n) is 14.0. The summed E-state index contributed by atoms with van der Waals surface area (Å²) in [6, 6.07) is 6.29. The van der Waals surface area contributed by atoms with Crippen molar-refractivity contribution in [2.45, 2.75) is 33.1 Å². The number of aryl methyl sites for hydroxylation is 2. The molecule has 0 radical (unpaired) electrons. The smallest absolute Gasteiger partial charge is 0.229 e. The highest BCUT2D eigenvalue weighted by molar-refractivity contribution is 5.93. The lowest BCUT2D eigenvalue weighted by Gasteiger charge is -2.18. The molecule has 1 saturated heterocycles. The average Bonchev–Trinajstić information content (AvgIpc) is 3.07. The molecular formula is C18H21FN4O. The summed E-state index contributed by atoms with van der Waals surface area (Å²) in [4.78, 5) is 23.4. The van der Waals surface area contributed by atoms with Crippen LogP contribution in [0.15, 0.2) is 24.3 Å². The fraction of sp³-hybridized carbons (Fsp3) is 0.389. The summed E-state index contributed by atoms with van der Waals surface area (Å²) in [7, 11) is 0. The number of aromatic nitrogens is 2. The molecule has 0 spiro atoms. The Morgan fingerprint density at radius 3 is 2.42 bits per heavy atom. The molecular weight excluding hydrogens is 307 g/mol. The summed E-state index contributed by atoms with van der Waals surface area (Å²) in [5, 5.41) is 2.82. The van der Waals surface area contributed by atoms with E-state index in [1.807, 2.05) is 13.8 Å². The Hall–Kier alpha value is -2.50. The lowest BCUT2D eigenvalue weighted by atomic mass is 10.1. The second kappa shape index (κ2) is 6.95. The Morgan fingerprint density at radius 1 is 1.17 bits per heavy atom. The maximum Gasteiger partial charge on any atom is 0.229 e. The van der Waals surface area contributed by atoms with Crippen molar-refractivity contribution < 1.29 is 9.18 Å². The van der Waals surface area contributed by atoms with Gasteiger partial charge in [-0.1, -0.05) is 18.2 Å². The number of nitrogens with one attached hydrogen (secondary N) is 1. The van der Waals surface area contributed by atoms with E-state index in [1.165, 1.54) is 6.07 Å². The minimum absolute atomic E-state index is 0.0145. The largest absolute Gasteiger partial charge is 0.341 e. The molecule has 5 nitrogen and oxygen atoms in total. The van der Waals surface area contributed by atoms with Crippen LogP contribution in [-0.4, -0.2) is 29.0 Å². The maximum atomic E-state index is 13.7. The number of hydrogen-bond acceptors (Lipinski definition) is 4. The third-order valence-corrected chi connectivity index (χ3v) is 4.22. The van der Waals surface area contributed by atoms with Gasteiger partial charge in [-0.25, -0.2) is 14.4 Å². The van der Waals surface area contributed by atoms with Crippen molar-refractivity contribution >= 4 is 17.5 Å². The van der Waals surface area contributed by atoms with Gasteiger partial charge in [-0.3, -0.25) is 4.79 Å². The molecule has 0 atom stereocenters. The minimum atomic E-state index is -0.373. The molecule has 6 heteroatoms. The van der Waals surface area contributed by atoms with Crippen LogP contribution in [0.2, 0.25) is 0 Å². The highest BCUT2D eigenvalue weighted by Gasteiger charge is 2.18. The minimum Gasteiger partial charge on any atom is -0.341 e. The Bertz CT molecular complexity index is 733. The van der Waals surface area contributed by atoms with Crippen molar-refractivity contribution in [3.63, 3.8) is 0 Å². The summed E-state index contributed by atoms with van der Waals surface area (Å²) < 4.78 is 13.7. The van der Waals surface area contributed by atoms with Crippen LogP contribution in [0, 0.1) is 19.7 Å². The predicted molar refractivity (Wildman–Crippen MR) is 91.7 cm³/mol. The molecule has 0 unspecified atom stereocenters. The van der Waals surface area contributed by atoms with Gasteiger partial charge in [0.2, 0.25) is 11.9 Å². The third kappa shape index (κ3) is 3.53. The monoisotopic (exact) mass is 328 g/mol. The van der Waals surface area contributed by atoms with Gasteiger partial charge in [-0.2, -0.15) is 0 Å². The molecule has 1 amide bonds. The van der Waals surface area contributed by atoms with E-state index >= 15 is 0 Å². The van der Waals surface area contributed by atoms with Gasteiger partial charge >= 0.3 is 0 Å². The number of hydrogen-bond donors (Lipinski definition) is 1. The second-order valence-electron chi connectivity index (χ2n) is 6.08. The topological polar surface area (TPSA) is 58.1 Å². The standard InChI is InChI=1S/C18H21FN4O/c1-12-17(13(2)21-18(20-12)23-9-5-6-10-23)22-16(24)11-14-7-3-4-8-15(14)19/h3-4,7-8H,5-6,9-11H2,1-2H3,(H,22,24). The summed E-state index contributed by atoms with van der Waals surface area (Å²) >= 11 is 0. The molecule has 1 aliphatic heterocycles. The van der Waals surface area contributed by atoms with E-state index in [2.05, 4.69) is 20.2 Å². The van der Waals surface area contributed by atoms with Gasteiger partial charge in [0.05, 0.1) is 23.5 Å². The molecule has 1 aromatic heterocycles. The van der Waals surface area contributed by atoms with Crippen LogP contribution < -0.4 is 10.2 Å². The fourth-order valence-electron chi connectivity index (χ4n) is 2.94. The zero-order valence-corrected chi connectivity index (χ0v) is 14.0. The normalized spacial score (nSPS) is 14.0. The van der Waals surface area contributed by atoms with Crippen LogP contribution in [0.1, 0.15) is 29.8 Å². The molecule has 2 aromatic rings. The molecule has 0 aliphatic carbocycles. The molecule has 1 aromatic carbocycles. The van der Waals surface area contributed by atoms with Crippen molar-refractivity contribution in [2.24, 2.45) is 0 Å². The van der Waals surface area contributed by atoms with E-state index in [0.29, 0.717) is 11.3 Å². The average molecular weight is 328 g/mol. The van der Waals surface area contributed by atoms with Crippen LogP contribution in [0.5, 0.6) is 0 Å². The van der Waals surface area contributed by atoms with Gasteiger partial charge in [-0.15, -0.1) is 0 Å². The summed E-state index contributed by atoms with van der Waals surface area (Å²) in [6.07, 6.45) is 2.30. The summed E-state index contributed by atoms with van der Waals surface area (Å²) in [5.41, 5.74) is 2.44. The molecule has 126 valence electrons. The Kier molecular flexibility index (Phi) is 4.74. The number of amides is 1. The number of halogens is 1. The van der Waals surface area contributed by atoms with Gasteiger partial charge in [0.1, 0.15) is 5.82 Å². The van der Waals surface area contributed by atoms with Crippen molar-refractivity contribution in [1.82, 2.24) is 9.97 Å². The van der Waals surface area contributed by atoms with Crippen molar-refractivity contribution in [3.05, 3.63) is 47.0 Å². The first kappa shape index (κ1) is 16.4. The van der Waals surface area contributed by atoms with E-state index in [0.717, 1.165) is 43.3 Å². The molecule has 24 heavy (non-hydrogen) atoms. The predicted octanol–water partition coefficient (Wildman–Crippen LogP) is 3.01. The van der Waals surface area contributed by atoms with E-state index in [9.17, 15) is 9.18 Å². The van der Waals surface area contributed by atoms with Gasteiger partial charge in [0, 0.05) is 13.1 Å². The molecule has 3 rings (SSSR count). The van der Waals surface area contributed by atoms with Crippen LogP contribution in [0.4, 0.5) is 16.0 Å². The summed E-state index contributed by atoms with van der Waals surface area (Å²) in [5.74, 6) is 0.0696. The van der Waals surface area contributed by atoms with Crippen molar-refractivity contribution in [1.29, 1.82) is 0 Å². The van der Waals surface area contributed by atoms with Gasteiger partial charge in [0.15, 0.2) is 0 Å². The Morgan fingerprint density at radius 2 is 1.79 bits per heavy atom. The third-order valence-electron chi connectivity index (χ3n) is 4.22. The van der Waals surface area contributed by atoms with E-state index in [4.69, 9.17) is 0 Å². The van der Waals surface area contributed by atoms with E-state index in [-0.39, 0.29) is 18.1 Å². The SMILES string of the molecule is Cc1nc(N2CCCC2)nc(C)c1NC(=O)Cc1ccccc1F. The molecule has 1 aliphatic rings. The lowest BCUT2D eigenvalue weighted by Crippen LogP contribution is -2.23. The van der Waals surface area contributed by atoms with Crippen LogP contribution in [-0.2, 0) is 11.2 Å². The lowest BCUT2D eigenvalue weighted by molar-refractivity contribution is -0.115. The first-order chi connectivity index (χ1) is 11.5. The van der Waals surface area contributed by atoms with Gasteiger partial charge in [0.25, 0.3) is 0 Å². The molecule has 1 fully saturated rings. The number of carbonyl (C=O) groups excluding carboxylic acids is 1. The van der Waals surface area contributed by atoms with Crippen molar-refractivity contribution in [3.8, 4) is 0 Å². The van der Waals surface area contributed by atoms with Crippen molar-refractivity contribution in [2.75, 3.05) is 23.3 Å². The first-order valence-electron chi connectivity index (χ1n) is 8.18. The first-order valence-corrected chi connectivity index (χ1v) is 8.18.